The molecule has 3 N–H and O–H groups in total. The van der Waals surface area contributed by atoms with Crippen molar-refractivity contribution in [2.75, 3.05) is 26.7 Å². The van der Waals surface area contributed by atoms with E-state index in [9.17, 15) is 5.11 Å². The Balaban J connectivity index is 2.76. The van der Waals surface area contributed by atoms with Gasteiger partial charge in [0.25, 0.3) is 0 Å². The van der Waals surface area contributed by atoms with E-state index < -0.39 is 0 Å². The molecule has 1 aromatic carbocycles. The van der Waals surface area contributed by atoms with Crippen LogP contribution in [0.2, 0.25) is 0 Å². The van der Waals surface area contributed by atoms with Gasteiger partial charge in [-0.05, 0) is 20.0 Å². The predicted molar refractivity (Wildman–Crippen MR) is 64.7 cm³/mol. The van der Waals surface area contributed by atoms with Gasteiger partial charge in [-0.25, -0.2) is 0 Å². The van der Waals surface area contributed by atoms with E-state index >= 15 is 0 Å². The number of aromatic hydroxyl groups is 1. The third kappa shape index (κ3) is 3.40. The molecule has 0 saturated carbocycles. The number of hydrogen-bond donors (Lipinski definition) is 2. The van der Waals surface area contributed by atoms with Gasteiger partial charge in [-0.15, -0.1) is 0 Å². The summed E-state index contributed by atoms with van der Waals surface area (Å²) in [5.74, 6) is 0.773. The summed E-state index contributed by atoms with van der Waals surface area (Å²) in [6, 6.07) is 5.55. The molecule has 90 valence electrons. The van der Waals surface area contributed by atoms with Gasteiger partial charge in [-0.1, -0.05) is 12.1 Å². The molecule has 0 radical (unpaired) electrons. The minimum Gasteiger partial charge on any atom is -0.504 e. The smallest absolute Gasteiger partial charge is 0.162 e. The van der Waals surface area contributed by atoms with Crippen molar-refractivity contribution in [1.82, 2.24) is 4.90 Å². The Morgan fingerprint density at radius 3 is 2.81 bits per heavy atom. The highest BCUT2D eigenvalue weighted by Crippen LogP contribution is 2.30. The monoisotopic (exact) mass is 224 g/mol. The first-order valence-electron chi connectivity index (χ1n) is 5.51. The molecular weight excluding hydrogens is 204 g/mol. The summed E-state index contributed by atoms with van der Waals surface area (Å²) in [4.78, 5) is 2.06. The Bertz CT molecular complexity index is 329. The number of hydrogen-bond acceptors (Lipinski definition) is 4. The van der Waals surface area contributed by atoms with Crippen LogP contribution in [-0.2, 0) is 6.54 Å². The van der Waals surface area contributed by atoms with Crippen molar-refractivity contribution < 1.29 is 9.84 Å². The molecule has 16 heavy (non-hydrogen) atoms. The van der Waals surface area contributed by atoms with Crippen LogP contribution in [-0.4, -0.2) is 36.8 Å². The number of nitrogens with two attached hydrogens (primary N) is 1. The van der Waals surface area contributed by atoms with E-state index in [4.69, 9.17) is 10.5 Å². The second kappa shape index (κ2) is 6.35. The number of ether oxygens (including phenoxy) is 1. The zero-order valence-corrected chi connectivity index (χ0v) is 9.94. The van der Waals surface area contributed by atoms with Crippen LogP contribution in [0.5, 0.6) is 11.5 Å². The SMILES string of the molecule is CCOc1cccc(CN(C)CCN)c1O. The molecular formula is C12H20N2O2. The summed E-state index contributed by atoms with van der Waals surface area (Å²) in [5, 5.41) is 9.95. The highest BCUT2D eigenvalue weighted by Gasteiger charge is 2.09. The second-order valence-corrected chi connectivity index (χ2v) is 3.72. The Morgan fingerprint density at radius 2 is 2.19 bits per heavy atom. The third-order valence-electron chi connectivity index (χ3n) is 2.33. The molecule has 0 aromatic heterocycles. The highest BCUT2D eigenvalue weighted by atomic mass is 16.5. The quantitative estimate of drug-likeness (QED) is 0.762. The van der Waals surface area contributed by atoms with E-state index in [-0.39, 0.29) is 5.75 Å². The molecule has 4 nitrogen and oxygen atoms in total. The normalized spacial score (nSPS) is 10.8. The average molecular weight is 224 g/mol. The predicted octanol–water partition coefficient (Wildman–Crippen LogP) is 1.18. The van der Waals surface area contributed by atoms with Gasteiger partial charge in [0.15, 0.2) is 11.5 Å². The van der Waals surface area contributed by atoms with Crippen molar-refractivity contribution in [2.45, 2.75) is 13.5 Å². The van der Waals surface area contributed by atoms with Crippen LogP contribution in [0.3, 0.4) is 0 Å². The molecule has 1 rings (SSSR count). The van der Waals surface area contributed by atoms with Gasteiger partial charge >= 0.3 is 0 Å². The molecule has 0 aliphatic carbocycles. The summed E-state index contributed by atoms with van der Waals surface area (Å²) in [6.45, 7) is 4.53. The Morgan fingerprint density at radius 1 is 1.44 bits per heavy atom. The van der Waals surface area contributed by atoms with Crippen LogP contribution in [0.4, 0.5) is 0 Å². The third-order valence-corrected chi connectivity index (χ3v) is 2.33. The summed E-state index contributed by atoms with van der Waals surface area (Å²) >= 11 is 0. The van der Waals surface area contributed by atoms with Crippen LogP contribution >= 0.6 is 0 Å². The van der Waals surface area contributed by atoms with E-state index in [1.54, 1.807) is 6.07 Å². The summed E-state index contributed by atoms with van der Waals surface area (Å²) < 4.78 is 5.33. The van der Waals surface area contributed by atoms with Gasteiger partial charge in [0.05, 0.1) is 6.61 Å². The number of phenols is 1. The molecule has 0 fully saturated rings. The van der Waals surface area contributed by atoms with E-state index in [1.807, 2.05) is 26.1 Å². The van der Waals surface area contributed by atoms with Crippen LogP contribution in [0.1, 0.15) is 12.5 Å². The molecule has 0 aliphatic heterocycles. The summed E-state index contributed by atoms with van der Waals surface area (Å²) in [7, 11) is 1.97. The largest absolute Gasteiger partial charge is 0.504 e. The van der Waals surface area contributed by atoms with Crippen LogP contribution < -0.4 is 10.5 Å². The first-order valence-corrected chi connectivity index (χ1v) is 5.51. The molecule has 0 heterocycles. The lowest BCUT2D eigenvalue weighted by molar-refractivity contribution is 0.304. The first-order chi connectivity index (χ1) is 7.69. The summed E-state index contributed by atoms with van der Waals surface area (Å²) in [6.07, 6.45) is 0. The van der Waals surface area contributed by atoms with Gasteiger partial charge in [0.1, 0.15) is 0 Å². The van der Waals surface area contributed by atoms with Crippen LogP contribution in [0.15, 0.2) is 18.2 Å². The number of nitrogens with zero attached hydrogens (tertiary/aromatic N) is 1. The fourth-order valence-electron chi connectivity index (χ4n) is 1.56. The number of rotatable bonds is 6. The minimum atomic E-state index is 0.230. The van der Waals surface area contributed by atoms with Gasteiger partial charge in [0, 0.05) is 25.2 Å². The van der Waals surface area contributed by atoms with Gasteiger partial charge in [0.2, 0.25) is 0 Å². The molecule has 4 heteroatoms. The second-order valence-electron chi connectivity index (χ2n) is 3.72. The highest BCUT2D eigenvalue weighted by molar-refractivity contribution is 5.45. The number of para-hydroxylation sites is 1. The lowest BCUT2D eigenvalue weighted by atomic mass is 10.1. The fourth-order valence-corrected chi connectivity index (χ4v) is 1.56. The van der Waals surface area contributed by atoms with Crippen LogP contribution in [0, 0.1) is 0 Å². The van der Waals surface area contributed by atoms with E-state index in [2.05, 4.69) is 4.90 Å². The van der Waals surface area contributed by atoms with E-state index in [1.165, 1.54) is 0 Å². The Labute approximate surface area is 96.6 Å². The zero-order valence-electron chi connectivity index (χ0n) is 9.94. The number of benzene rings is 1. The first kappa shape index (κ1) is 12.8. The van der Waals surface area contributed by atoms with Gasteiger partial charge in [-0.2, -0.15) is 0 Å². The minimum absolute atomic E-state index is 0.230. The fraction of sp³-hybridized carbons (Fsp3) is 0.500. The van der Waals surface area contributed by atoms with Crippen molar-refractivity contribution in [3.05, 3.63) is 23.8 Å². The molecule has 0 amide bonds. The molecule has 0 aliphatic rings. The van der Waals surface area contributed by atoms with E-state index in [0.29, 0.717) is 25.4 Å². The molecule has 0 atom stereocenters. The van der Waals surface area contributed by atoms with Crippen LogP contribution in [0.25, 0.3) is 0 Å². The lowest BCUT2D eigenvalue weighted by Gasteiger charge is -2.17. The molecule has 0 saturated heterocycles. The standard InChI is InChI=1S/C12H20N2O2/c1-3-16-11-6-4-5-10(12(11)15)9-14(2)8-7-13/h4-6,15H,3,7-9,13H2,1-2H3. The van der Waals surface area contributed by atoms with Crippen molar-refractivity contribution >= 4 is 0 Å². The molecule has 0 spiro atoms. The van der Waals surface area contributed by atoms with Crippen molar-refractivity contribution in [1.29, 1.82) is 0 Å². The number of likely N-dealkylation sites (N-methyl/N-ethyl adjacent to an activating group) is 1. The van der Waals surface area contributed by atoms with Crippen molar-refractivity contribution in [3.63, 3.8) is 0 Å². The zero-order chi connectivity index (χ0) is 12.0. The maximum absolute atomic E-state index is 9.95. The van der Waals surface area contributed by atoms with Crippen molar-refractivity contribution in [2.24, 2.45) is 5.73 Å². The van der Waals surface area contributed by atoms with Crippen molar-refractivity contribution in [3.8, 4) is 11.5 Å². The van der Waals surface area contributed by atoms with Gasteiger partial charge in [-0.3, -0.25) is 0 Å². The molecule has 0 unspecified atom stereocenters. The average Bonchev–Trinajstić information content (AvgIpc) is 2.24. The van der Waals surface area contributed by atoms with E-state index in [0.717, 1.165) is 12.1 Å². The maximum atomic E-state index is 9.95. The maximum Gasteiger partial charge on any atom is 0.162 e. The topological polar surface area (TPSA) is 58.7 Å². The summed E-state index contributed by atoms with van der Waals surface area (Å²) in [5.41, 5.74) is 6.33. The molecule has 1 aromatic rings. The Kier molecular flexibility index (Phi) is 5.08. The molecule has 0 bridgehead atoms. The lowest BCUT2D eigenvalue weighted by Crippen LogP contribution is -2.25. The number of phenolic OH excluding ortho intramolecular Hbond substituents is 1. The Hall–Kier alpha value is -1.26. The van der Waals surface area contributed by atoms with Gasteiger partial charge < -0.3 is 20.5 Å².